The zero-order valence-corrected chi connectivity index (χ0v) is 13.6. The van der Waals surface area contributed by atoms with Crippen LogP contribution in [0.3, 0.4) is 0 Å². The van der Waals surface area contributed by atoms with E-state index in [0.717, 1.165) is 38.8 Å². The van der Waals surface area contributed by atoms with Crippen molar-refractivity contribution < 1.29 is 4.79 Å². The average molecular weight is 288 g/mol. The molecule has 0 aromatic heterocycles. The Kier molecular flexibility index (Phi) is 5.40. The summed E-state index contributed by atoms with van der Waals surface area (Å²) in [5.41, 5.74) is 1.64. The first-order valence-electron chi connectivity index (χ1n) is 8.06. The number of rotatable bonds is 5. The SMILES string of the molecule is CCC(=O)N1CCC(CCc2ccccc2)(N(C)C)CC1. The van der Waals surface area contributed by atoms with Crippen LogP contribution in [0.4, 0.5) is 0 Å². The van der Waals surface area contributed by atoms with Gasteiger partial charge in [0, 0.05) is 25.0 Å². The fraction of sp³-hybridized carbons (Fsp3) is 0.611. The lowest BCUT2D eigenvalue weighted by molar-refractivity contribution is -0.133. The molecule has 0 aliphatic carbocycles. The Bertz CT molecular complexity index is 448. The third-order valence-electron chi connectivity index (χ3n) is 5.02. The van der Waals surface area contributed by atoms with Gasteiger partial charge in [-0.2, -0.15) is 0 Å². The molecule has 1 heterocycles. The molecule has 1 amide bonds. The number of aryl methyl sites for hydroxylation is 1. The molecule has 2 rings (SSSR count). The lowest BCUT2D eigenvalue weighted by Gasteiger charge is -2.46. The minimum Gasteiger partial charge on any atom is -0.343 e. The van der Waals surface area contributed by atoms with E-state index in [1.807, 2.05) is 11.8 Å². The van der Waals surface area contributed by atoms with Gasteiger partial charge in [0.25, 0.3) is 0 Å². The highest BCUT2D eigenvalue weighted by molar-refractivity contribution is 5.75. The molecule has 0 radical (unpaired) electrons. The Morgan fingerprint density at radius 1 is 1.19 bits per heavy atom. The van der Waals surface area contributed by atoms with Gasteiger partial charge in [0.05, 0.1) is 0 Å². The molecule has 0 unspecified atom stereocenters. The molecule has 0 bridgehead atoms. The van der Waals surface area contributed by atoms with E-state index in [9.17, 15) is 4.79 Å². The van der Waals surface area contributed by atoms with Crippen LogP contribution < -0.4 is 0 Å². The van der Waals surface area contributed by atoms with Crippen molar-refractivity contribution in [2.24, 2.45) is 0 Å². The quantitative estimate of drug-likeness (QED) is 0.831. The molecule has 1 aliphatic heterocycles. The number of hydrogen-bond acceptors (Lipinski definition) is 2. The molecule has 116 valence electrons. The van der Waals surface area contributed by atoms with E-state index < -0.39 is 0 Å². The number of piperidine rings is 1. The van der Waals surface area contributed by atoms with Gasteiger partial charge >= 0.3 is 0 Å². The van der Waals surface area contributed by atoms with E-state index in [-0.39, 0.29) is 5.54 Å². The topological polar surface area (TPSA) is 23.6 Å². The number of nitrogens with zero attached hydrogens (tertiary/aromatic N) is 2. The third kappa shape index (κ3) is 3.85. The summed E-state index contributed by atoms with van der Waals surface area (Å²) in [4.78, 5) is 16.3. The number of hydrogen-bond donors (Lipinski definition) is 0. The van der Waals surface area contributed by atoms with Gasteiger partial charge in [-0.05, 0) is 45.3 Å². The van der Waals surface area contributed by atoms with Gasteiger partial charge in [0.1, 0.15) is 0 Å². The molecule has 1 fully saturated rings. The minimum absolute atomic E-state index is 0.236. The summed E-state index contributed by atoms with van der Waals surface area (Å²) in [6.45, 7) is 3.75. The maximum Gasteiger partial charge on any atom is 0.222 e. The van der Waals surface area contributed by atoms with Gasteiger partial charge in [-0.15, -0.1) is 0 Å². The second-order valence-corrected chi connectivity index (χ2v) is 6.34. The summed E-state index contributed by atoms with van der Waals surface area (Å²) < 4.78 is 0. The molecule has 3 nitrogen and oxygen atoms in total. The van der Waals surface area contributed by atoms with Gasteiger partial charge in [-0.1, -0.05) is 37.3 Å². The predicted octanol–water partition coefficient (Wildman–Crippen LogP) is 2.95. The normalized spacial score (nSPS) is 18.0. The number of carbonyl (C=O) groups is 1. The van der Waals surface area contributed by atoms with Crippen molar-refractivity contribution >= 4 is 5.91 Å². The standard InChI is InChI=1S/C18H28N2O/c1-4-17(21)20-14-12-18(13-15-20,19(2)3)11-10-16-8-6-5-7-9-16/h5-9H,4,10-15H2,1-3H3. The molecule has 0 saturated carbocycles. The summed E-state index contributed by atoms with van der Waals surface area (Å²) >= 11 is 0. The number of carbonyl (C=O) groups excluding carboxylic acids is 1. The molecule has 0 N–H and O–H groups in total. The van der Waals surface area contributed by atoms with Crippen molar-refractivity contribution in [2.45, 2.75) is 44.6 Å². The summed E-state index contributed by atoms with van der Waals surface area (Å²) in [6, 6.07) is 10.7. The van der Waals surface area contributed by atoms with Crippen LogP contribution in [0.2, 0.25) is 0 Å². The monoisotopic (exact) mass is 288 g/mol. The Balaban J connectivity index is 1.97. The molecule has 21 heavy (non-hydrogen) atoms. The Hall–Kier alpha value is -1.35. The number of amides is 1. The fourth-order valence-corrected chi connectivity index (χ4v) is 3.34. The highest BCUT2D eigenvalue weighted by Crippen LogP contribution is 2.32. The average Bonchev–Trinajstić information content (AvgIpc) is 2.53. The maximum atomic E-state index is 11.8. The first-order chi connectivity index (χ1) is 10.1. The molecular weight excluding hydrogens is 260 g/mol. The van der Waals surface area contributed by atoms with Crippen molar-refractivity contribution in [3.05, 3.63) is 35.9 Å². The Morgan fingerprint density at radius 2 is 1.81 bits per heavy atom. The van der Waals surface area contributed by atoms with Crippen molar-refractivity contribution in [1.82, 2.24) is 9.80 Å². The van der Waals surface area contributed by atoms with Crippen LogP contribution in [0.1, 0.15) is 38.2 Å². The summed E-state index contributed by atoms with van der Waals surface area (Å²) in [5, 5.41) is 0. The van der Waals surface area contributed by atoms with E-state index in [0.29, 0.717) is 12.3 Å². The van der Waals surface area contributed by atoms with Crippen molar-refractivity contribution in [3.8, 4) is 0 Å². The highest BCUT2D eigenvalue weighted by Gasteiger charge is 2.36. The molecule has 1 aliphatic rings. The van der Waals surface area contributed by atoms with Gasteiger partial charge in [0.15, 0.2) is 0 Å². The smallest absolute Gasteiger partial charge is 0.222 e. The zero-order chi connectivity index (χ0) is 15.3. The van der Waals surface area contributed by atoms with Crippen LogP contribution >= 0.6 is 0 Å². The van der Waals surface area contributed by atoms with E-state index in [1.54, 1.807) is 0 Å². The largest absolute Gasteiger partial charge is 0.343 e. The lowest BCUT2D eigenvalue weighted by atomic mass is 9.81. The van der Waals surface area contributed by atoms with E-state index in [2.05, 4.69) is 49.3 Å². The molecule has 1 saturated heterocycles. The first kappa shape index (κ1) is 16.0. The van der Waals surface area contributed by atoms with Gasteiger partial charge < -0.3 is 9.80 Å². The van der Waals surface area contributed by atoms with Gasteiger partial charge in [-0.3, -0.25) is 4.79 Å². The predicted molar refractivity (Wildman–Crippen MR) is 87.3 cm³/mol. The molecular formula is C18H28N2O. The Labute approximate surface area is 128 Å². The molecule has 0 atom stereocenters. The van der Waals surface area contributed by atoms with Crippen LogP contribution in [-0.4, -0.2) is 48.4 Å². The van der Waals surface area contributed by atoms with Crippen molar-refractivity contribution in [2.75, 3.05) is 27.2 Å². The van der Waals surface area contributed by atoms with Gasteiger partial charge in [0.2, 0.25) is 5.91 Å². The minimum atomic E-state index is 0.236. The van der Waals surface area contributed by atoms with E-state index in [4.69, 9.17) is 0 Å². The highest BCUT2D eigenvalue weighted by atomic mass is 16.2. The van der Waals surface area contributed by atoms with Crippen molar-refractivity contribution in [1.29, 1.82) is 0 Å². The fourth-order valence-electron chi connectivity index (χ4n) is 3.34. The van der Waals surface area contributed by atoms with Crippen LogP contribution in [0, 0.1) is 0 Å². The number of benzene rings is 1. The summed E-state index contributed by atoms with van der Waals surface area (Å²) in [7, 11) is 4.37. The molecule has 1 aromatic rings. The Morgan fingerprint density at radius 3 is 2.33 bits per heavy atom. The first-order valence-corrected chi connectivity index (χ1v) is 8.06. The van der Waals surface area contributed by atoms with Crippen molar-refractivity contribution in [3.63, 3.8) is 0 Å². The molecule has 1 aromatic carbocycles. The zero-order valence-electron chi connectivity index (χ0n) is 13.6. The number of likely N-dealkylation sites (tertiary alicyclic amines) is 1. The summed E-state index contributed by atoms with van der Waals surface area (Å²) in [6.07, 6.45) is 5.06. The third-order valence-corrected chi connectivity index (χ3v) is 5.02. The second-order valence-electron chi connectivity index (χ2n) is 6.34. The van der Waals surface area contributed by atoms with Crippen LogP contribution in [0.5, 0.6) is 0 Å². The second kappa shape index (κ2) is 7.08. The van der Waals surface area contributed by atoms with Crippen LogP contribution in [0.15, 0.2) is 30.3 Å². The maximum absolute atomic E-state index is 11.8. The van der Waals surface area contributed by atoms with E-state index in [1.165, 1.54) is 5.56 Å². The van der Waals surface area contributed by atoms with Gasteiger partial charge in [-0.25, -0.2) is 0 Å². The van der Waals surface area contributed by atoms with Crippen LogP contribution in [0.25, 0.3) is 0 Å². The lowest BCUT2D eigenvalue weighted by Crippen LogP contribution is -2.54. The van der Waals surface area contributed by atoms with E-state index >= 15 is 0 Å². The molecule has 0 spiro atoms. The molecule has 3 heteroatoms. The summed E-state index contributed by atoms with van der Waals surface area (Å²) in [5.74, 6) is 0.297. The van der Waals surface area contributed by atoms with Crippen LogP contribution in [-0.2, 0) is 11.2 Å².